The van der Waals surface area contributed by atoms with Crippen LogP contribution in [0.1, 0.15) is 43.7 Å². The van der Waals surface area contributed by atoms with Gasteiger partial charge in [-0.25, -0.2) is 0 Å². The normalized spacial score (nSPS) is 16.3. The molecule has 20 heavy (non-hydrogen) atoms. The van der Waals surface area contributed by atoms with E-state index in [0.717, 1.165) is 13.1 Å². The summed E-state index contributed by atoms with van der Waals surface area (Å²) in [7, 11) is 0. The van der Waals surface area contributed by atoms with Gasteiger partial charge in [0.05, 0.1) is 0 Å². The van der Waals surface area contributed by atoms with Crippen LogP contribution in [0.3, 0.4) is 0 Å². The van der Waals surface area contributed by atoms with E-state index >= 15 is 0 Å². The number of aryl methyl sites for hydroxylation is 1. The van der Waals surface area contributed by atoms with E-state index < -0.39 is 0 Å². The lowest BCUT2D eigenvalue weighted by Crippen LogP contribution is -2.25. The van der Waals surface area contributed by atoms with Crippen LogP contribution in [0.25, 0.3) is 10.9 Å². The fraction of sp³-hybridized carbons (Fsp3) is 0.529. The van der Waals surface area contributed by atoms with Gasteiger partial charge in [0.2, 0.25) is 0 Å². The highest BCUT2D eigenvalue weighted by atomic mass is 15.0. The molecule has 0 aliphatic heterocycles. The van der Waals surface area contributed by atoms with E-state index in [-0.39, 0.29) is 0 Å². The number of fused-ring (bicyclic) bond motifs is 1. The molecule has 1 aromatic heterocycles. The summed E-state index contributed by atoms with van der Waals surface area (Å²) in [5.74, 6) is 0. The second kappa shape index (κ2) is 5.98. The van der Waals surface area contributed by atoms with Crippen molar-refractivity contribution < 1.29 is 0 Å². The number of hydrogen-bond donors (Lipinski definition) is 2. The number of hydrogen-bond acceptors (Lipinski definition) is 2. The van der Waals surface area contributed by atoms with Crippen LogP contribution in [0.15, 0.2) is 24.4 Å². The fourth-order valence-electron chi connectivity index (χ4n) is 3.33. The van der Waals surface area contributed by atoms with Crippen LogP contribution in [-0.2, 0) is 19.6 Å². The molecule has 1 fully saturated rings. The predicted octanol–water partition coefficient (Wildman–Crippen LogP) is 3.15. The van der Waals surface area contributed by atoms with Gasteiger partial charge in [0, 0.05) is 42.8 Å². The molecule has 0 radical (unpaired) electrons. The van der Waals surface area contributed by atoms with Gasteiger partial charge < -0.3 is 15.6 Å². The van der Waals surface area contributed by atoms with Crippen molar-refractivity contribution in [2.24, 2.45) is 5.73 Å². The molecule has 3 rings (SSSR count). The highest BCUT2D eigenvalue weighted by molar-refractivity contribution is 5.84. The molecule has 1 aromatic carbocycles. The Bertz CT molecular complexity index is 579. The van der Waals surface area contributed by atoms with Crippen molar-refractivity contribution in [1.29, 1.82) is 0 Å². The molecule has 3 N–H and O–H groups in total. The third kappa shape index (κ3) is 2.60. The third-order valence-electron chi connectivity index (χ3n) is 4.54. The Balaban J connectivity index is 1.87. The summed E-state index contributed by atoms with van der Waals surface area (Å²) in [6.07, 6.45) is 7.73. The van der Waals surface area contributed by atoms with E-state index in [4.69, 9.17) is 5.73 Å². The van der Waals surface area contributed by atoms with Crippen molar-refractivity contribution in [2.45, 2.75) is 58.3 Å². The molecular formula is C17H25N3. The lowest BCUT2D eigenvalue weighted by Gasteiger charge is -2.11. The van der Waals surface area contributed by atoms with E-state index in [1.165, 1.54) is 47.7 Å². The van der Waals surface area contributed by atoms with E-state index in [1.807, 2.05) is 0 Å². The molecule has 0 atom stereocenters. The molecule has 1 aliphatic carbocycles. The smallest absolute Gasteiger partial charge is 0.0483 e. The predicted molar refractivity (Wildman–Crippen MR) is 84.6 cm³/mol. The summed E-state index contributed by atoms with van der Waals surface area (Å²) in [6.45, 7) is 4.80. The number of rotatable bonds is 5. The van der Waals surface area contributed by atoms with Gasteiger partial charge in [-0.1, -0.05) is 18.9 Å². The van der Waals surface area contributed by atoms with Crippen molar-refractivity contribution in [3.63, 3.8) is 0 Å². The molecule has 0 unspecified atom stereocenters. The van der Waals surface area contributed by atoms with Gasteiger partial charge in [0.1, 0.15) is 0 Å². The molecule has 1 saturated carbocycles. The standard InChI is InChI=1S/C17H25N3/c1-2-20-12-14(11-19-15-5-3-4-6-15)16-9-13(10-18)7-8-17(16)20/h7-9,12,15,19H,2-6,10-11,18H2,1H3. The van der Waals surface area contributed by atoms with Gasteiger partial charge in [-0.05, 0) is 43.0 Å². The first-order valence-corrected chi connectivity index (χ1v) is 7.86. The largest absolute Gasteiger partial charge is 0.347 e. The maximum atomic E-state index is 5.78. The third-order valence-corrected chi connectivity index (χ3v) is 4.54. The molecule has 0 saturated heterocycles. The summed E-state index contributed by atoms with van der Waals surface area (Å²) < 4.78 is 2.33. The van der Waals surface area contributed by atoms with E-state index in [2.05, 4.69) is 41.2 Å². The Labute approximate surface area is 121 Å². The van der Waals surface area contributed by atoms with Crippen molar-refractivity contribution in [1.82, 2.24) is 9.88 Å². The van der Waals surface area contributed by atoms with Crippen LogP contribution >= 0.6 is 0 Å². The number of nitrogens with one attached hydrogen (secondary N) is 1. The Morgan fingerprint density at radius 2 is 2.10 bits per heavy atom. The molecule has 0 amide bonds. The zero-order valence-electron chi connectivity index (χ0n) is 12.4. The van der Waals surface area contributed by atoms with E-state index in [9.17, 15) is 0 Å². The minimum atomic E-state index is 0.614. The minimum absolute atomic E-state index is 0.614. The lowest BCUT2D eigenvalue weighted by atomic mass is 10.1. The van der Waals surface area contributed by atoms with Crippen molar-refractivity contribution >= 4 is 10.9 Å². The Hall–Kier alpha value is -1.32. The van der Waals surface area contributed by atoms with Gasteiger partial charge in [-0.15, -0.1) is 0 Å². The molecular weight excluding hydrogens is 246 g/mol. The van der Waals surface area contributed by atoms with Gasteiger partial charge >= 0.3 is 0 Å². The maximum Gasteiger partial charge on any atom is 0.0483 e. The second-order valence-corrected chi connectivity index (χ2v) is 5.86. The summed E-state index contributed by atoms with van der Waals surface area (Å²) in [5, 5.41) is 5.08. The van der Waals surface area contributed by atoms with Gasteiger partial charge in [0.25, 0.3) is 0 Å². The van der Waals surface area contributed by atoms with Gasteiger partial charge in [-0.3, -0.25) is 0 Å². The van der Waals surface area contributed by atoms with Crippen LogP contribution in [0, 0.1) is 0 Å². The number of aromatic nitrogens is 1. The number of nitrogens with two attached hydrogens (primary N) is 1. The molecule has 108 valence electrons. The maximum absolute atomic E-state index is 5.78. The first-order valence-electron chi connectivity index (χ1n) is 7.86. The molecule has 1 heterocycles. The number of nitrogens with zero attached hydrogens (tertiary/aromatic N) is 1. The van der Waals surface area contributed by atoms with Crippen LogP contribution in [-0.4, -0.2) is 10.6 Å². The molecule has 0 bridgehead atoms. The van der Waals surface area contributed by atoms with Gasteiger partial charge in [-0.2, -0.15) is 0 Å². The van der Waals surface area contributed by atoms with Gasteiger partial charge in [0.15, 0.2) is 0 Å². The van der Waals surface area contributed by atoms with Crippen molar-refractivity contribution in [3.05, 3.63) is 35.5 Å². The van der Waals surface area contributed by atoms with Crippen LogP contribution in [0.2, 0.25) is 0 Å². The summed E-state index contributed by atoms with van der Waals surface area (Å²) in [6, 6.07) is 7.32. The van der Waals surface area contributed by atoms with Crippen LogP contribution in [0.4, 0.5) is 0 Å². The Kier molecular flexibility index (Phi) is 4.08. The zero-order valence-corrected chi connectivity index (χ0v) is 12.4. The zero-order chi connectivity index (χ0) is 13.9. The molecule has 2 aromatic rings. The monoisotopic (exact) mass is 271 g/mol. The van der Waals surface area contributed by atoms with Crippen LogP contribution < -0.4 is 11.1 Å². The number of benzene rings is 1. The van der Waals surface area contributed by atoms with E-state index in [0.29, 0.717) is 12.6 Å². The SMILES string of the molecule is CCn1cc(CNC2CCCC2)c2cc(CN)ccc21. The molecule has 3 heteroatoms. The first-order chi connectivity index (χ1) is 9.81. The fourth-order valence-corrected chi connectivity index (χ4v) is 3.33. The Morgan fingerprint density at radius 1 is 1.30 bits per heavy atom. The molecule has 1 aliphatic rings. The summed E-state index contributed by atoms with van der Waals surface area (Å²) in [5.41, 5.74) is 9.73. The summed E-state index contributed by atoms with van der Waals surface area (Å²) in [4.78, 5) is 0. The average Bonchev–Trinajstić information content (AvgIpc) is 3.12. The topological polar surface area (TPSA) is 43.0 Å². The van der Waals surface area contributed by atoms with Crippen molar-refractivity contribution in [3.8, 4) is 0 Å². The van der Waals surface area contributed by atoms with E-state index in [1.54, 1.807) is 0 Å². The second-order valence-electron chi connectivity index (χ2n) is 5.86. The Morgan fingerprint density at radius 3 is 2.80 bits per heavy atom. The molecule has 3 nitrogen and oxygen atoms in total. The average molecular weight is 271 g/mol. The molecule has 0 spiro atoms. The highest BCUT2D eigenvalue weighted by Crippen LogP contribution is 2.24. The highest BCUT2D eigenvalue weighted by Gasteiger charge is 2.15. The minimum Gasteiger partial charge on any atom is -0.347 e. The lowest BCUT2D eigenvalue weighted by molar-refractivity contribution is 0.525. The van der Waals surface area contributed by atoms with Crippen LogP contribution in [0.5, 0.6) is 0 Å². The quantitative estimate of drug-likeness (QED) is 0.877. The summed E-state index contributed by atoms with van der Waals surface area (Å²) >= 11 is 0. The first kappa shape index (κ1) is 13.7. The van der Waals surface area contributed by atoms with Crippen molar-refractivity contribution in [2.75, 3.05) is 0 Å².